The van der Waals surface area contributed by atoms with Gasteiger partial charge in [0.15, 0.2) is 0 Å². The van der Waals surface area contributed by atoms with Gasteiger partial charge in [0.25, 0.3) is 5.69 Å². The lowest BCUT2D eigenvalue weighted by Crippen LogP contribution is -2.23. The molecule has 0 atom stereocenters. The molecule has 0 bridgehead atoms. The Morgan fingerprint density at radius 2 is 1.89 bits per heavy atom. The summed E-state index contributed by atoms with van der Waals surface area (Å²) < 4.78 is 0. The van der Waals surface area contributed by atoms with Gasteiger partial charge in [0.05, 0.1) is 10.6 Å². The third-order valence-electron chi connectivity index (χ3n) is 3.79. The van der Waals surface area contributed by atoms with Gasteiger partial charge in [-0.3, -0.25) is 10.1 Å². The van der Waals surface area contributed by atoms with Crippen LogP contribution in [-0.2, 0) is 0 Å². The third kappa shape index (κ3) is 2.97. The first-order valence-electron chi connectivity index (χ1n) is 6.85. The molecule has 0 spiro atoms. The number of anilines is 2. The maximum atomic E-state index is 11.1. The molecule has 1 aliphatic rings. The van der Waals surface area contributed by atoms with Gasteiger partial charge in [0.1, 0.15) is 5.69 Å². The average Bonchev–Trinajstić information content (AvgIpc) is 2.41. The van der Waals surface area contributed by atoms with E-state index in [0.29, 0.717) is 11.7 Å². The molecule has 5 nitrogen and oxygen atoms in total. The zero-order valence-electron chi connectivity index (χ0n) is 11.5. The third-order valence-corrected chi connectivity index (χ3v) is 3.79. The van der Waals surface area contributed by atoms with Crippen LogP contribution < -0.4 is 10.6 Å². The summed E-state index contributed by atoms with van der Waals surface area (Å²) in [6, 6.07) is 3.80. The summed E-state index contributed by atoms with van der Waals surface area (Å²) in [6.45, 7) is 1.98. The van der Waals surface area contributed by atoms with Gasteiger partial charge < -0.3 is 10.6 Å². The Balaban J connectivity index is 2.31. The highest BCUT2D eigenvalue weighted by molar-refractivity contribution is 5.81. The normalized spacial score (nSPS) is 16.1. The van der Waals surface area contributed by atoms with Crippen molar-refractivity contribution < 1.29 is 4.92 Å². The predicted molar refractivity (Wildman–Crippen MR) is 77.9 cm³/mol. The van der Waals surface area contributed by atoms with Gasteiger partial charge in [-0.05, 0) is 25.3 Å². The number of rotatable bonds is 4. The smallest absolute Gasteiger partial charge is 0.294 e. The van der Waals surface area contributed by atoms with Crippen LogP contribution in [0.15, 0.2) is 12.1 Å². The zero-order chi connectivity index (χ0) is 13.8. The maximum Gasteiger partial charge on any atom is 0.294 e. The quantitative estimate of drug-likeness (QED) is 0.642. The topological polar surface area (TPSA) is 67.2 Å². The number of nitro benzene ring substituents is 1. The Morgan fingerprint density at radius 1 is 1.21 bits per heavy atom. The summed E-state index contributed by atoms with van der Waals surface area (Å²) in [6.07, 6.45) is 6.06. The minimum Gasteiger partial charge on any atom is -0.381 e. The first-order chi connectivity index (χ1) is 9.13. The number of nitrogens with zero attached hydrogens (tertiary/aromatic N) is 1. The minimum absolute atomic E-state index is 0.131. The van der Waals surface area contributed by atoms with E-state index >= 15 is 0 Å². The summed E-state index contributed by atoms with van der Waals surface area (Å²) in [4.78, 5) is 10.7. The summed E-state index contributed by atoms with van der Waals surface area (Å²) in [5.74, 6) is 0. The van der Waals surface area contributed by atoms with Crippen LogP contribution in [0.4, 0.5) is 17.1 Å². The van der Waals surface area contributed by atoms with Gasteiger partial charge in [0, 0.05) is 19.2 Å². The summed E-state index contributed by atoms with van der Waals surface area (Å²) in [7, 11) is 1.73. The molecule has 2 rings (SSSR count). The molecular formula is C14H21N3O2. The molecule has 1 aliphatic carbocycles. The van der Waals surface area contributed by atoms with Crippen LogP contribution in [0, 0.1) is 17.0 Å². The van der Waals surface area contributed by atoms with E-state index in [-0.39, 0.29) is 10.6 Å². The summed E-state index contributed by atoms with van der Waals surface area (Å²) in [5, 5.41) is 17.5. The van der Waals surface area contributed by atoms with Crippen molar-refractivity contribution in [1.82, 2.24) is 0 Å². The average molecular weight is 263 g/mol. The van der Waals surface area contributed by atoms with E-state index in [4.69, 9.17) is 0 Å². The molecule has 0 unspecified atom stereocenters. The Hall–Kier alpha value is -1.78. The monoisotopic (exact) mass is 263 g/mol. The Bertz CT molecular complexity index is 468. The van der Waals surface area contributed by atoms with Crippen LogP contribution in [-0.4, -0.2) is 18.0 Å². The predicted octanol–water partition coefficient (Wildman–Crippen LogP) is 3.69. The highest BCUT2D eigenvalue weighted by Crippen LogP contribution is 2.36. The SMILES string of the molecule is CNc1c([N+](=O)[O-])ccc(C)c1NC1CCCCC1. The second kappa shape index (κ2) is 5.91. The van der Waals surface area contributed by atoms with Crippen molar-refractivity contribution in [2.24, 2.45) is 0 Å². The molecule has 2 N–H and O–H groups in total. The number of hydrogen-bond donors (Lipinski definition) is 2. The van der Waals surface area contributed by atoms with Crippen LogP contribution in [0.2, 0.25) is 0 Å². The van der Waals surface area contributed by atoms with Crippen LogP contribution in [0.5, 0.6) is 0 Å². The van der Waals surface area contributed by atoms with Gasteiger partial charge in [-0.25, -0.2) is 0 Å². The number of nitrogens with one attached hydrogen (secondary N) is 2. The van der Waals surface area contributed by atoms with Crippen LogP contribution in [0.1, 0.15) is 37.7 Å². The van der Waals surface area contributed by atoms with Crippen molar-refractivity contribution in [3.05, 3.63) is 27.8 Å². The molecule has 5 heteroatoms. The van der Waals surface area contributed by atoms with Crippen molar-refractivity contribution in [2.45, 2.75) is 45.1 Å². The van der Waals surface area contributed by atoms with Crippen LogP contribution in [0.3, 0.4) is 0 Å². The molecule has 0 radical (unpaired) electrons. The van der Waals surface area contributed by atoms with E-state index in [0.717, 1.165) is 24.1 Å². The minimum atomic E-state index is -0.336. The molecule has 104 valence electrons. The van der Waals surface area contributed by atoms with Gasteiger partial charge in [0.2, 0.25) is 0 Å². The lowest BCUT2D eigenvalue weighted by molar-refractivity contribution is -0.383. The molecule has 0 aromatic heterocycles. The van der Waals surface area contributed by atoms with Gasteiger partial charge in [-0.1, -0.05) is 25.3 Å². The van der Waals surface area contributed by atoms with E-state index in [1.165, 1.54) is 19.3 Å². The van der Waals surface area contributed by atoms with E-state index in [1.54, 1.807) is 13.1 Å². The molecule has 1 aromatic rings. The lowest BCUT2D eigenvalue weighted by atomic mass is 9.95. The maximum absolute atomic E-state index is 11.1. The van der Waals surface area contributed by atoms with Crippen molar-refractivity contribution in [3.8, 4) is 0 Å². The van der Waals surface area contributed by atoms with E-state index in [9.17, 15) is 10.1 Å². The van der Waals surface area contributed by atoms with Crippen molar-refractivity contribution in [2.75, 3.05) is 17.7 Å². The summed E-state index contributed by atoms with van der Waals surface area (Å²) >= 11 is 0. The molecule has 1 saturated carbocycles. The van der Waals surface area contributed by atoms with Crippen molar-refractivity contribution >= 4 is 17.1 Å². The van der Waals surface area contributed by atoms with Crippen LogP contribution in [0.25, 0.3) is 0 Å². The van der Waals surface area contributed by atoms with E-state index < -0.39 is 0 Å². The molecule has 0 amide bonds. The fourth-order valence-electron chi connectivity index (χ4n) is 2.74. The molecule has 0 saturated heterocycles. The Kier molecular flexibility index (Phi) is 4.24. The zero-order valence-corrected chi connectivity index (χ0v) is 11.5. The molecule has 0 heterocycles. The highest BCUT2D eigenvalue weighted by Gasteiger charge is 2.21. The second-order valence-electron chi connectivity index (χ2n) is 5.14. The largest absolute Gasteiger partial charge is 0.381 e. The van der Waals surface area contributed by atoms with E-state index in [1.807, 2.05) is 13.0 Å². The van der Waals surface area contributed by atoms with Crippen LogP contribution >= 0.6 is 0 Å². The molecule has 1 fully saturated rings. The van der Waals surface area contributed by atoms with E-state index in [2.05, 4.69) is 10.6 Å². The van der Waals surface area contributed by atoms with Gasteiger partial charge in [-0.2, -0.15) is 0 Å². The first-order valence-corrected chi connectivity index (χ1v) is 6.85. The first kappa shape index (κ1) is 13.6. The van der Waals surface area contributed by atoms with Crippen molar-refractivity contribution in [3.63, 3.8) is 0 Å². The standard InChI is InChI=1S/C14H21N3O2/c1-10-8-9-12(17(18)19)14(15-2)13(10)16-11-6-4-3-5-7-11/h8-9,11,15-16H,3-7H2,1-2H3. The number of nitro groups is 1. The summed E-state index contributed by atoms with van der Waals surface area (Å²) in [5.41, 5.74) is 2.64. The number of aryl methyl sites for hydroxylation is 1. The second-order valence-corrected chi connectivity index (χ2v) is 5.14. The highest BCUT2D eigenvalue weighted by atomic mass is 16.6. The molecule has 1 aromatic carbocycles. The Morgan fingerprint density at radius 3 is 2.47 bits per heavy atom. The lowest BCUT2D eigenvalue weighted by Gasteiger charge is -2.26. The molecule has 0 aliphatic heterocycles. The van der Waals surface area contributed by atoms with Gasteiger partial charge in [-0.15, -0.1) is 0 Å². The van der Waals surface area contributed by atoms with Crippen molar-refractivity contribution in [1.29, 1.82) is 0 Å². The number of benzene rings is 1. The molecule has 19 heavy (non-hydrogen) atoms. The fraction of sp³-hybridized carbons (Fsp3) is 0.571. The van der Waals surface area contributed by atoms with Gasteiger partial charge >= 0.3 is 0 Å². The molecular weight excluding hydrogens is 242 g/mol. The fourth-order valence-corrected chi connectivity index (χ4v) is 2.74. The Labute approximate surface area is 113 Å². The number of hydrogen-bond acceptors (Lipinski definition) is 4.